The predicted octanol–water partition coefficient (Wildman–Crippen LogP) is 3.95. The summed E-state index contributed by atoms with van der Waals surface area (Å²) in [6, 6.07) is 3.52. The quantitative estimate of drug-likeness (QED) is 0.862. The van der Waals surface area contributed by atoms with Gasteiger partial charge in [0.2, 0.25) is 0 Å². The first kappa shape index (κ1) is 16.3. The van der Waals surface area contributed by atoms with E-state index in [1.807, 2.05) is 19.9 Å². The Bertz CT molecular complexity index is 718. The molecule has 2 heterocycles. The Hall–Kier alpha value is -1.03. The molecule has 0 amide bonds. The number of nitrogens with one attached hydrogen (secondary N) is 1. The summed E-state index contributed by atoms with van der Waals surface area (Å²) in [6.45, 7) is 5.76. The van der Waals surface area contributed by atoms with Crippen LogP contribution in [0.4, 0.5) is 0 Å². The Kier molecular flexibility index (Phi) is 4.97. The van der Waals surface area contributed by atoms with Crippen molar-refractivity contribution >= 4 is 35.0 Å². The van der Waals surface area contributed by atoms with Gasteiger partial charge in [-0.05, 0) is 57.0 Å². The molecule has 0 unspecified atom stereocenters. The van der Waals surface area contributed by atoms with Gasteiger partial charge >= 0.3 is 0 Å². The molecule has 1 aromatic carbocycles. The lowest BCUT2D eigenvalue weighted by Crippen LogP contribution is -2.27. The van der Waals surface area contributed by atoms with Crippen LogP contribution in [0, 0.1) is 13.8 Å². The molecule has 0 spiro atoms. The average molecular weight is 328 g/mol. The van der Waals surface area contributed by atoms with Gasteiger partial charge in [0, 0.05) is 17.0 Å². The molecule has 0 atom stereocenters. The van der Waals surface area contributed by atoms with Crippen LogP contribution in [-0.2, 0) is 0 Å². The smallest absolute Gasteiger partial charge is 0.193 e. The number of fused-ring (bicyclic) bond motifs is 1. The third-order valence-electron chi connectivity index (χ3n) is 4.13. The van der Waals surface area contributed by atoms with E-state index < -0.39 is 0 Å². The molecule has 0 bridgehead atoms. The molecule has 2 aromatic rings. The third kappa shape index (κ3) is 2.96. The Morgan fingerprint density at radius 1 is 1.24 bits per heavy atom. The first-order valence-corrected chi connectivity index (χ1v) is 7.40. The fourth-order valence-corrected chi connectivity index (χ4v) is 3.12. The summed E-state index contributed by atoms with van der Waals surface area (Å²) in [4.78, 5) is 12.4. The lowest BCUT2D eigenvalue weighted by molar-refractivity contribution is 0.392. The van der Waals surface area contributed by atoms with Crippen molar-refractivity contribution in [2.24, 2.45) is 0 Å². The number of hydrogen-bond donors (Lipinski definition) is 1. The highest BCUT2D eigenvalue weighted by Crippen LogP contribution is 2.31. The molecule has 0 radical (unpaired) electrons. The van der Waals surface area contributed by atoms with Gasteiger partial charge in [-0.25, -0.2) is 0 Å². The fraction of sp³-hybridized carbons (Fsp3) is 0.438. The minimum absolute atomic E-state index is 0. The molecule has 3 nitrogen and oxygen atoms in total. The van der Waals surface area contributed by atoms with Crippen molar-refractivity contribution in [1.29, 1.82) is 0 Å². The molecule has 1 N–H and O–H groups in total. The van der Waals surface area contributed by atoms with E-state index in [0.29, 0.717) is 21.9 Å². The molecule has 1 fully saturated rings. The molecule has 0 aliphatic carbocycles. The zero-order valence-electron chi connectivity index (χ0n) is 12.2. The van der Waals surface area contributed by atoms with Gasteiger partial charge in [0.1, 0.15) is 11.3 Å². The first-order valence-electron chi connectivity index (χ1n) is 7.02. The topological polar surface area (TPSA) is 42.2 Å². The number of halogens is 2. The van der Waals surface area contributed by atoms with E-state index in [2.05, 4.69) is 5.32 Å². The highest BCUT2D eigenvalue weighted by molar-refractivity contribution is 6.33. The molecule has 114 valence electrons. The van der Waals surface area contributed by atoms with Crippen molar-refractivity contribution in [3.63, 3.8) is 0 Å². The van der Waals surface area contributed by atoms with Crippen molar-refractivity contribution in [1.82, 2.24) is 5.32 Å². The highest BCUT2D eigenvalue weighted by Gasteiger charge is 2.20. The maximum atomic E-state index is 12.4. The molecule has 5 heteroatoms. The second kappa shape index (κ2) is 6.39. The SMILES string of the molecule is Cc1cc2oc(C3CCNCC3)cc(=O)c2c(C)c1Cl.Cl. The van der Waals surface area contributed by atoms with Gasteiger partial charge in [-0.2, -0.15) is 0 Å². The molecule has 0 saturated carbocycles. The lowest BCUT2D eigenvalue weighted by Gasteiger charge is -2.22. The van der Waals surface area contributed by atoms with Gasteiger partial charge in [-0.3, -0.25) is 4.79 Å². The Labute approximate surface area is 135 Å². The van der Waals surface area contributed by atoms with Gasteiger partial charge in [-0.1, -0.05) is 11.6 Å². The summed E-state index contributed by atoms with van der Waals surface area (Å²) in [5.41, 5.74) is 2.43. The summed E-state index contributed by atoms with van der Waals surface area (Å²) >= 11 is 6.23. The molecular weight excluding hydrogens is 309 g/mol. The molecule has 1 aliphatic heterocycles. The monoisotopic (exact) mass is 327 g/mol. The van der Waals surface area contributed by atoms with Gasteiger partial charge < -0.3 is 9.73 Å². The molecule has 3 rings (SSSR count). The number of aryl methyl sites for hydroxylation is 2. The van der Waals surface area contributed by atoms with E-state index in [0.717, 1.165) is 42.8 Å². The van der Waals surface area contributed by atoms with Gasteiger partial charge in [0.15, 0.2) is 5.43 Å². The number of piperidine rings is 1. The maximum Gasteiger partial charge on any atom is 0.193 e. The zero-order valence-corrected chi connectivity index (χ0v) is 13.7. The summed E-state index contributed by atoms with van der Waals surface area (Å²) in [7, 11) is 0. The van der Waals surface area contributed by atoms with Crippen molar-refractivity contribution < 1.29 is 4.42 Å². The normalized spacial score (nSPS) is 16.0. The van der Waals surface area contributed by atoms with Crippen LogP contribution in [0.3, 0.4) is 0 Å². The molecule has 1 aliphatic rings. The first-order chi connectivity index (χ1) is 9.58. The van der Waals surface area contributed by atoms with Crippen LogP contribution < -0.4 is 10.7 Å². The van der Waals surface area contributed by atoms with Crippen molar-refractivity contribution in [3.05, 3.63) is 44.3 Å². The molecule has 1 aromatic heterocycles. The summed E-state index contributed by atoms with van der Waals surface area (Å²) in [5.74, 6) is 1.15. The van der Waals surface area contributed by atoms with E-state index in [9.17, 15) is 4.79 Å². The Morgan fingerprint density at radius 2 is 1.90 bits per heavy atom. The molecule has 21 heavy (non-hydrogen) atoms. The second-order valence-electron chi connectivity index (χ2n) is 5.54. The Balaban J connectivity index is 0.00000161. The van der Waals surface area contributed by atoms with Crippen molar-refractivity contribution in [2.75, 3.05) is 13.1 Å². The highest BCUT2D eigenvalue weighted by atomic mass is 35.5. The number of benzene rings is 1. The minimum atomic E-state index is 0. The van der Waals surface area contributed by atoms with Crippen LogP contribution in [-0.4, -0.2) is 13.1 Å². The van der Waals surface area contributed by atoms with Crippen molar-refractivity contribution in [3.8, 4) is 0 Å². The van der Waals surface area contributed by atoms with Crippen LogP contribution in [0.1, 0.15) is 35.6 Å². The fourth-order valence-electron chi connectivity index (χ4n) is 2.97. The minimum Gasteiger partial charge on any atom is -0.460 e. The van der Waals surface area contributed by atoms with Gasteiger partial charge in [-0.15, -0.1) is 12.4 Å². The lowest BCUT2D eigenvalue weighted by atomic mass is 9.94. The van der Waals surface area contributed by atoms with Crippen LogP contribution in [0.25, 0.3) is 11.0 Å². The summed E-state index contributed by atoms with van der Waals surface area (Å²) < 4.78 is 6.01. The number of rotatable bonds is 1. The molecule has 1 saturated heterocycles. The standard InChI is InChI=1S/C16H18ClNO2.ClH/c1-9-7-14-15(10(2)16(9)17)12(19)8-13(20-14)11-3-5-18-6-4-11;/h7-8,11,18H,3-6H2,1-2H3;1H. The van der Waals surface area contributed by atoms with E-state index in [1.165, 1.54) is 0 Å². The van der Waals surface area contributed by atoms with Crippen LogP contribution in [0.15, 0.2) is 21.3 Å². The predicted molar refractivity (Wildman–Crippen MR) is 89.1 cm³/mol. The van der Waals surface area contributed by atoms with Crippen molar-refractivity contribution in [2.45, 2.75) is 32.6 Å². The van der Waals surface area contributed by atoms with Gasteiger partial charge in [0.25, 0.3) is 0 Å². The van der Waals surface area contributed by atoms with Crippen LogP contribution >= 0.6 is 24.0 Å². The number of hydrogen-bond acceptors (Lipinski definition) is 3. The Morgan fingerprint density at radius 3 is 2.57 bits per heavy atom. The van der Waals surface area contributed by atoms with Crippen LogP contribution in [0.5, 0.6) is 0 Å². The van der Waals surface area contributed by atoms with E-state index in [-0.39, 0.29) is 17.8 Å². The maximum absolute atomic E-state index is 12.4. The average Bonchev–Trinajstić information content (AvgIpc) is 2.45. The summed E-state index contributed by atoms with van der Waals surface area (Å²) in [5, 5.41) is 4.59. The van der Waals surface area contributed by atoms with E-state index in [4.69, 9.17) is 16.0 Å². The molecular formula is C16H19Cl2NO2. The largest absolute Gasteiger partial charge is 0.460 e. The second-order valence-corrected chi connectivity index (χ2v) is 5.92. The van der Waals surface area contributed by atoms with E-state index >= 15 is 0 Å². The third-order valence-corrected chi connectivity index (χ3v) is 4.72. The van der Waals surface area contributed by atoms with Gasteiger partial charge in [0.05, 0.1) is 5.39 Å². The summed E-state index contributed by atoms with van der Waals surface area (Å²) in [6.07, 6.45) is 2.03. The van der Waals surface area contributed by atoms with Crippen LogP contribution in [0.2, 0.25) is 5.02 Å². The zero-order chi connectivity index (χ0) is 14.3. The van der Waals surface area contributed by atoms with E-state index in [1.54, 1.807) is 6.07 Å².